The van der Waals surface area contributed by atoms with E-state index in [1.54, 1.807) is 0 Å². The van der Waals surface area contributed by atoms with Crippen molar-refractivity contribution < 1.29 is 9.59 Å². The summed E-state index contributed by atoms with van der Waals surface area (Å²) in [6.45, 7) is 3.02. The van der Waals surface area contributed by atoms with E-state index >= 15 is 0 Å². The summed E-state index contributed by atoms with van der Waals surface area (Å²) >= 11 is 0. The Morgan fingerprint density at radius 3 is 2.23 bits per heavy atom. The predicted molar refractivity (Wildman–Crippen MR) is 103 cm³/mol. The van der Waals surface area contributed by atoms with Crippen molar-refractivity contribution in [2.45, 2.75) is 39.2 Å². The Morgan fingerprint density at radius 1 is 0.885 bits per heavy atom. The van der Waals surface area contributed by atoms with Crippen molar-refractivity contribution in [1.82, 2.24) is 4.57 Å². The van der Waals surface area contributed by atoms with Crippen LogP contribution in [0.2, 0.25) is 0 Å². The van der Waals surface area contributed by atoms with Gasteiger partial charge in [0.25, 0.3) is 0 Å². The van der Waals surface area contributed by atoms with Crippen molar-refractivity contribution in [2.75, 3.05) is 4.90 Å². The Labute approximate surface area is 152 Å². The molecule has 2 atom stereocenters. The lowest BCUT2D eigenvalue weighted by Crippen LogP contribution is -2.30. The second-order valence-corrected chi connectivity index (χ2v) is 7.47. The first-order chi connectivity index (χ1) is 12.7. The molecule has 26 heavy (non-hydrogen) atoms. The Hall–Kier alpha value is -2.62. The zero-order valence-corrected chi connectivity index (χ0v) is 14.9. The van der Waals surface area contributed by atoms with E-state index in [4.69, 9.17) is 0 Å². The van der Waals surface area contributed by atoms with Gasteiger partial charge in [0, 0.05) is 28.4 Å². The van der Waals surface area contributed by atoms with Crippen molar-refractivity contribution in [3.8, 4) is 0 Å². The molecule has 0 bridgehead atoms. The van der Waals surface area contributed by atoms with Crippen LogP contribution >= 0.6 is 0 Å². The maximum absolute atomic E-state index is 12.9. The van der Waals surface area contributed by atoms with Crippen LogP contribution in [0.1, 0.15) is 32.6 Å². The number of fused-ring (bicyclic) bond motifs is 4. The topological polar surface area (TPSA) is 42.3 Å². The summed E-state index contributed by atoms with van der Waals surface area (Å²) in [6.07, 6.45) is 3.81. The van der Waals surface area contributed by atoms with E-state index in [0.717, 1.165) is 48.8 Å². The van der Waals surface area contributed by atoms with Gasteiger partial charge in [-0.2, -0.15) is 0 Å². The summed E-state index contributed by atoms with van der Waals surface area (Å²) in [5, 5.41) is 2.28. The summed E-state index contributed by atoms with van der Waals surface area (Å²) in [4.78, 5) is 27.3. The number of imide groups is 1. The minimum Gasteiger partial charge on any atom is -0.341 e. The molecule has 5 rings (SSSR count). The normalized spacial score (nSPS) is 23.2. The van der Waals surface area contributed by atoms with Crippen LogP contribution in [0, 0.1) is 11.8 Å². The van der Waals surface area contributed by atoms with Gasteiger partial charge >= 0.3 is 0 Å². The highest BCUT2D eigenvalue weighted by atomic mass is 16.2. The van der Waals surface area contributed by atoms with Gasteiger partial charge in [0.15, 0.2) is 0 Å². The van der Waals surface area contributed by atoms with E-state index < -0.39 is 0 Å². The molecule has 1 saturated carbocycles. The van der Waals surface area contributed by atoms with Gasteiger partial charge in [-0.1, -0.05) is 31.0 Å². The molecule has 1 aromatic heterocycles. The largest absolute Gasteiger partial charge is 0.341 e. The molecule has 0 spiro atoms. The maximum atomic E-state index is 12.9. The van der Waals surface area contributed by atoms with Crippen molar-refractivity contribution >= 4 is 39.3 Å². The standard InChI is InChI=1S/C22H22N2O2/c1-2-23-19-10-6-5-7-15(19)18-13-14(11-12-20(18)23)24-21(25)16-8-3-4-9-17(16)22(24)26/h5-7,10-13,16-17H,2-4,8-9H2,1H3. The summed E-state index contributed by atoms with van der Waals surface area (Å²) in [5.41, 5.74) is 3.06. The molecule has 3 aromatic rings. The van der Waals surface area contributed by atoms with Crippen molar-refractivity contribution in [3.63, 3.8) is 0 Å². The van der Waals surface area contributed by atoms with Gasteiger partial charge < -0.3 is 4.57 Å². The molecular weight excluding hydrogens is 324 g/mol. The van der Waals surface area contributed by atoms with E-state index in [1.165, 1.54) is 15.8 Å². The second-order valence-electron chi connectivity index (χ2n) is 7.47. The monoisotopic (exact) mass is 346 g/mol. The fourth-order valence-corrected chi connectivity index (χ4v) is 4.94. The number of amides is 2. The van der Waals surface area contributed by atoms with Crippen molar-refractivity contribution in [3.05, 3.63) is 42.5 Å². The Morgan fingerprint density at radius 2 is 1.54 bits per heavy atom. The molecule has 2 fully saturated rings. The number of para-hydroxylation sites is 1. The number of carbonyl (C=O) groups excluding carboxylic acids is 2. The molecule has 2 unspecified atom stereocenters. The number of carbonyl (C=O) groups is 2. The maximum Gasteiger partial charge on any atom is 0.237 e. The highest BCUT2D eigenvalue weighted by molar-refractivity contribution is 6.23. The van der Waals surface area contributed by atoms with Gasteiger partial charge in [0.05, 0.1) is 17.5 Å². The van der Waals surface area contributed by atoms with E-state index in [9.17, 15) is 9.59 Å². The third-order valence-corrected chi connectivity index (χ3v) is 6.17. The van der Waals surface area contributed by atoms with Gasteiger partial charge in [-0.15, -0.1) is 0 Å². The van der Waals surface area contributed by atoms with Gasteiger partial charge in [-0.25, -0.2) is 0 Å². The molecule has 4 heteroatoms. The smallest absolute Gasteiger partial charge is 0.237 e. The minimum atomic E-state index is -0.107. The van der Waals surface area contributed by atoms with Gasteiger partial charge in [0.1, 0.15) is 0 Å². The number of anilines is 1. The number of nitrogens with zero attached hydrogens (tertiary/aromatic N) is 2. The zero-order chi connectivity index (χ0) is 17.8. The first-order valence-corrected chi connectivity index (χ1v) is 9.59. The van der Waals surface area contributed by atoms with Crippen LogP contribution in [0.3, 0.4) is 0 Å². The number of aromatic nitrogens is 1. The van der Waals surface area contributed by atoms with Gasteiger partial charge in [-0.05, 0) is 44.0 Å². The lowest BCUT2D eigenvalue weighted by molar-refractivity contribution is -0.122. The lowest BCUT2D eigenvalue weighted by atomic mass is 9.81. The molecule has 2 aliphatic rings. The van der Waals surface area contributed by atoms with Crippen LogP contribution in [0.5, 0.6) is 0 Å². The molecule has 1 aliphatic carbocycles. The molecule has 1 saturated heterocycles. The third kappa shape index (κ3) is 2.02. The number of benzene rings is 2. The SMILES string of the molecule is CCn1c2ccccc2c2cc(N3C(=O)C4CCCCC4C3=O)ccc21. The zero-order valence-electron chi connectivity index (χ0n) is 14.9. The van der Waals surface area contributed by atoms with Crippen LogP contribution < -0.4 is 4.90 Å². The fraction of sp³-hybridized carbons (Fsp3) is 0.364. The first-order valence-electron chi connectivity index (χ1n) is 9.59. The Kier molecular flexibility index (Phi) is 3.42. The van der Waals surface area contributed by atoms with E-state index in [-0.39, 0.29) is 23.7 Å². The number of hydrogen-bond acceptors (Lipinski definition) is 2. The summed E-state index contributed by atoms with van der Waals surface area (Å²) in [5.74, 6) is -0.218. The average molecular weight is 346 g/mol. The molecular formula is C22H22N2O2. The van der Waals surface area contributed by atoms with Gasteiger partial charge in [-0.3, -0.25) is 14.5 Å². The molecule has 1 aliphatic heterocycles. The van der Waals surface area contributed by atoms with Crippen LogP contribution in [0.15, 0.2) is 42.5 Å². The molecule has 132 valence electrons. The predicted octanol–water partition coefficient (Wildman–Crippen LogP) is 4.49. The highest BCUT2D eigenvalue weighted by Gasteiger charge is 2.48. The molecule has 2 aromatic carbocycles. The van der Waals surface area contributed by atoms with E-state index in [2.05, 4.69) is 29.7 Å². The van der Waals surface area contributed by atoms with Gasteiger partial charge in [0.2, 0.25) is 11.8 Å². The van der Waals surface area contributed by atoms with Crippen molar-refractivity contribution in [1.29, 1.82) is 0 Å². The Bertz CT molecular complexity index is 1020. The van der Waals surface area contributed by atoms with Crippen LogP contribution in [-0.4, -0.2) is 16.4 Å². The number of rotatable bonds is 2. The summed E-state index contributed by atoms with van der Waals surface area (Å²) in [6, 6.07) is 14.3. The van der Waals surface area contributed by atoms with E-state index in [1.807, 2.05) is 24.3 Å². The quantitative estimate of drug-likeness (QED) is 0.642. The molecule has 0 radical (unpaired) electrons. The average Bonchev–Trinajstić information content (AvgIpc) is 3.13. The molecule has 0 N–H and O–H groups in total. The molecule has 2 amide bonds. The third-order valence-electron chi connectivity index (χ3n) is 6.17. The summed E-state index contributed by atoms with van der Waals surface area (Å²) in [7, 11) is 0. The lowest BCUT2D eigenvalue weighted by Gasteiger charge is -2.19. The van der Waals surface area contributed by atoms with Crippen LogP contribution in [0.4, 0.5) is 5.69 Å². The first kappa shape index (κ1) is 15.6. The van der Waals surface area contributed by atoms with E-state index in [0.29, 0.717) is 0 Å². The fourth-order valence-electron chi connectivity index (χ4n) is 4.94. The number of aryl methyl sites for hydroxylation is 1. The Balaban J connectivity index is 1.67. The molecule has 4 nitrogen and oxygen atoms in total. The number of hydrogen-bond donors (Lipinski definition) is 0. The highest BCUT2D eigenvalue weighted by Crippen LogP contribution is 2.41. The minimum absolute atomic E-state index is 0.00159. The van der Waals surface area contributed by atoms with Crippen LogP contribution in [0.25, 0.3) is 21.8 Å². The van der Waals surface area contributed by atoms with Crippen LogP contribution in [-0.2, 0) is 16.1 Å². The molecule has 2 heterocycles. The summed E-state index contributed by atoms with van der Waals surface area (Å²) < 4.78 is 2.28. The van der Waals surface area contributed by atoms with Crippen molar-refractivity contribution in [2.24, 2.45) is 11.8 Å². The second kappa shape index (κ2) is 5.70.